The average Bonchev–Trinajstić information content (AvgIpc) is 2.99. The minimum absolute atomic E-state index is 0.0568. The Bertz CT molecular complexity index is 1050. The van der Waals surface area contributed by atoms with Crippen molar-refractivity contribution in [3.63, 3.8) is 0 Å². The van der Waals surface area contributed by atoms with Crippen molar-refractivity contribution in [3.05, 3.63) is 47.9 Å². The van der Waals surface area contributed by atoms with E-state index in [1.165, 1.54) is 0 Å². The van der Waals surface area contributed by atoms with Gasteiger partial charge in [-0.3, -0.25) is 4.72 Å². The van der Waals surface area contributed by atoms with E-state index >= 15 is 0 Å². The first-order valence-electron chi connectivity index (χ1n) is 7.20. The van der Waals surface area contributed by atoms with E-state index in [4.69, 9.17) is 0 Å². The third-order valence-electron chi connectivity index (χ3n) is 3.25. The summed E-state index contributed by atoms with van der Waals surface area (Å²) in [6, 6.07) is 7.29. The van der Waals surface area contributed by atoms with E-state index < -0.39 is 21.9 Å². The molecule has 0 amide bonds. The number of hydrogen-bond donors (Lipinski definition) is 2. The van der Waals surface area contributed by atoms with Crippen LogP contribution in [0.4, 0.5) is 24.7 Å². The molecule has 0 saturated carbocycles. The summed E-state index contributed by atoms with van der Waals surface area (Å²) < 4.78 is 64.9. The van der Waals surface area contributed by atoms with Gasteiger partial charge >= 0.3 is 6.18 Å². The highest BCUT2D eigenvalue weighted by molar-refractivity contribution is 7.92. The highest BCUT2D eigenvalue weighted by Gasteiger charge is 2.34. The van der Waals surface area contributed by atoms with Gasteiger partial charge in [-0.2, -0.15) is 27.8 Å². The molecule has 0 fully saturated rings. The fourth-order valence-corrected chi connectivity index (χ4v) is 2.79. The van der Waals surface area contributed by atoms with Gasteiger partial charge in [0.15, 0.2) is 5.69 Å². The number of fused-ring (bicyclic) bond motifs is 1. The molecule has 138 valence electrons. The molecule has 26 heavy (non-hydrogen) atoms. The smallest absolute Gasteiger partial charge is 0.366 e. The van der Waals surface area contributed by atoms with E-state index in [1.807, 2.05) is 0 Å². The fourth-order valence-electron chi connectivity index (χ4n) is 2.23. The Balaban J connectivity index is 1.86. The highest BCUT2D eigenvalue weighted by atomic mass is 32.2. The maximum Gasteiger partial charge on any atom is 0.433 e. The van der Waals surface area contributed by atoms with Gasteiger partial charge in [0.2, 0.25) is 10.0 Å². The SMILES string of the molecule is CS(=O)(=O)Nc1cccc(CNc2cc(C(F)(F)F)nc3ncnn23)c1. The normalized spacial score (nSPS) is 12.3. The molecule has 2 aromatic heterocycles. The van der Waals surface area contributed by atoms with Gasteiger partial charge in [-0.25, -0.2) is 13.4 Å². The first kappa shape index (κ1) is 17.9. The van der Waals surface area contributed by atoms with Gasteiger partial charge in [-0.05, 0) is 17.7 Å². The van der Waals surface area contributed by atoms with Gasteiger partial charge < -0.3 is 5.32 Å². The lowest BCUT2D eigenvalue weighted by molar-refractivity contribution is -0.141. The lowest BCUT2D eigenvalue weighted by atomic mass is 10.2. The summed E-state index contributed by atoms with van der Waals surface area (Å²) >= 11 is 0. The van der Waals surface area contributed by atoms with Gasteiger partial charge in [-0.15, -0.1) is 0 Å². The van der Waals surface area contributed by atoms with Crippen LogP contribution in [0.25, 0.3) is 5.78 Å². The predicted octanol–water partition coefficient (Wildman–Crippen LogP) is 2.13. The van der Waals surface area contributed by atoms with Gasteiger partial charge in [0.05, 0.1) is 6.26 Å². The van der Waals surface area contributed by atoms with Crippen LogP contribution in [0.5, 0.6) is 0 Å². The molecule has 0 saturated heterocycles. The number of rotatable bonds is 5. The van der Waals surface area contributed by atoms with Gasteiger partial charge in [0.1, 0.15) is 12.1 Å². The molecular weight excluding hydrogens is 373 g/mol. The van der Waals surface area contributed by atoms with E-state index in [2.05, 4.69) is 25.1 Å². The predicted molar refractivity (Wildman–Crippen MR) is 88.0 cm³/mol. The van der Waals surface area contributed by atoms with Crippen molar-refractivity contribution in [1.82, 2.24) is 19.6 Å². The summed E-state index contributed by atoms with van der Waals surface area (Å²) in [5, 5.41) is 6.68. The van der Waals surface area contributed by atoms with Crippen LogP contribution in [0.2, 0.25) is 0 Å². The van der Waals surface area contributed by atoms with Crippen molar-refractivity contribution < 1.29 is 21.6 Å². The number of nitrogens with zero attached hydrogens (tertiary/aromatic N) is 4. The zero-order valence-corrected chi connectivity index (χ0v) is 14.1. The minimum Gasteiger partial charge on any atom is -0.366 e. The van der Waals surface area contributed by atoms with Gasteiger partial charge in [-0.1, -0.05) is 12.1 Å². The molecule has 0 bridgehead atoms. The van der Waals surface area contributed by atoms with Crippen molar-refractivity contribution in [2.45, 2.75) is 12.7 Å². The highest BCUT2D eigenvalue weighted by Crippen LogP contribution is 2.29. The Hall–Kier alpha value is -2.89. The second-order valence-corrected chi connectivity index (χ2v) is 7.17. The van der Waals surface area contributed by atoms with E-state index in [1.54, 1.807) is 24.3 Å². The van der Waals surface area contributed by atoms with Crippen LogP contribution in [0.1, 0.15) is 11.3 Å². The molecule has 0 aliphatic heterocycles. The topological polar surface area (TPSA) is 101 Å². The molecule has 0 atom stereocenters. The van der Waals surface area contributed by atoms with E-state index in [-0.39, 0.29) is 18.1 Å². The zero-order chi connectivity index (χ0) is 18.9. The van der Waals surface area contributed by atoms with Crippen molar-refractivity contribution in [2.75, 3.05) is 16.3 Å². The van der Waals surface area contributed by atoms with Crippen LogP contribution in [0.3, 0.4) is 0 Å². The van der Waals surface area contributed by atoms with E-state index in [9.17, 15) is 21.6 Å². The lowest BCUT2D eigenvalue weighted by Crippen LogP contribution is -2.13. The number of nitrogens with one attached hydrogen (secondary N) is 2. The summed E-state index contributed by atoms with van der Waals surface area (Å²) in [5.41, 5.74) is -0.0892. The van der Waals surface area contributed by atoms with Crippen LogP contribution in [-0.4, -0.2) is 34.3 Å². The maximum absolute atomic E-state index is 13.0. The standard InChI is InChI=1S/C14H13F3N6O2S/c1-26(24,25)22-10-4-2-3-9(5-10)7-18-12-6-11(14(15,16)17)21-13-19-8-20-23(12)13/h2-6,8,18,22H,7H2,1H3. The number of alkyl halides is 3. The second-order valence-electron chi connectivity index (χ2n) is 5.42. The summed E-state index contributed by atoms with van der Waals surface area (Å²) in [5.74, 6) is -0.129. The Labute approximate surface area is 146 Å². The second kappa shape index (κ2) is 6.44. The van der Waals surface area contributed by atoms with Crippen molar-refractivity contribution >= 4 is 27.3 Å². The molecule has 3 aromatic rings. The number of hydrogen-bond acceptors (Lipinski definition) is 6. The molecule has 3 rings (SSSR count). The van der Waals surface area contributed by atoms with Crippen molar-refractivity contribution in [3.8, 4) is 0 Å². The zero-order valence-electron chi connectivity index (χ0n) is 13.3. The van der Waals surface area contributed by atoms with Crippen LogP contribution < -0.4 is 10.0 Å². The maximum atomic E-state index is 13.0. The Morgan fingerprint density at radius 2 is 2.00 bits per heavy atom. The van der Waals surface area contributed by atoms with Gasteiger partial charge in [0.25, 0.3) is 5.78 Å². The largest absolute Gasteiger partial charge is 0.433 e. The van der Waals surface area contributed by atoms with Crippen LogP contribution >= 0.6 is 0 Å². The van der Waals surface area contributed by atoms with Crippen LogP contribution in [0, 0.1) is 0 Å². The quantitative estimate of drug-likeness (QED) is 0.697. The number of halogens is 3. The Morgan fingerprint density at radius 1 is 1.23 bits per heavy atom. The molecule has 0 unspecified atom stereocenters. The Kier molecular flexibility index (Phi) is 4.44. The first-order valence-corrected chi connectivity index (χ1v) is 9.09. The monoisotopic (exact) mass is 386 g/mol. The van der Waals surface area contributed by atoms with Crippen LogP contribution in [-0.2, 0) is 22.7 Å². The molecule has 2 N–H and O–H groups in total. The van der Waals surface area contributed by atoms with E-state index in [0.717, 1.165) is 23.2 Å². The van der Waals surface area contributed by atoms with Gasteiger partial charge in [0, 0.05) is 18.3 Å². The summed E-state index contributed by atoms with van der Waals surface area (Å²) in [4.78, 5) is 7.11. The number of anilines is 2. The summed E-state index contributed by atoms with van der Waals surface area (Å²) in [7, 11) is -3.43. The Morgan fingerprint density at radius 3 is 2.69 bits per heavy atom. The first-order chi connectivity index (χ1) is 12.1. The molecule has 8 nitrogen and oxygen atoms in total. The third-order valence-corrected chi connectivity index (χ3v) is 3.85. The lowest BCUT2D eigenvalue weighted by Gasteiger charge is -2.12. The van der Waals surface area contributed by atoms with Crippen LogP contribution in [0.15, 0.2) is 36.7 Å². The molecule has 0 aliphatic rings. The number of sulfonamides is 1. The molecule has 0 radical (unpaired) electrons. The molecular formula is C14H13F3N6O2S. The summed E-state index contributed by atoms with van der Waals surface area (Å²) in [6.45, 7) is 0.134. The number of benzene rings is 1. The molecule has 0 spiro atoms. The van der Waals surface area contributed by atoms with Crippen molar-refractivity contribution in [2.24, 2.45) is 0 Å². The fraction of sp³-hybridized carbons (Fsp3) is 0.214. The summed E-state index contributed by atoms with van der Waals surface area (Å²) in [6.07, 6.45) is -2.50. The molecule has 12 heteroatoms. The molecule has 2 heterocycles. The molecule has 0 aliphatic carbocycles. The minimum atomic E-state index is -4.62. The molecule has 1 aromatic carbocycles. The van der Waals surface area contributed by atoms with Crippen molar-refractivity contribution in [1.29, 1.82) is 0 Å². The third kappa shape index (κ3) is 4.20. The average molecular weight is 386 g/mol. The van der Waals surface area contributed by atoms with E-state index in [0.29, 0.717) is 11.3 Å². The number of aromatic nitrogens is 4.